The molecular weight excluding hydrogens is 357 g/mol. The third kappa shape index (κ3) is 4.41. The van der Waals surface area contributed by atoms with Crippen LogP contribution in [0.25, 0.3) is 0 Å². The topological polar surface area (TPSA) is 82.1 Å². The molecule has 2 amide bonds. The lowest BCUT2D eigenvalue weighted by Crippen LogP contribution is -2.31. The number of ether oxygens (including phenoxy) is 2. The van der Waals surface area contributed by atoms with Crippen molar-refractivity contribution >= 4 is 19.2 Å². The summed E-state index contributed by atoms with van der Waals surface area (Å²) >= 11 is 0. The van der Waals surface area contributed by atoms with Crippen LogP contribution in [0, 0.1) is 0 Å². The minimum absolute atomic E-state index is 0.0447. The van der Waals surface area contributed by atoms with Crippen LogP contribution in [-0.4, -0.2) is 55.2 Å². The molecule has 0 aliphatic carbocycles. The Bertz CT molecular complexity index is 720. The Balaban J connectivity index is 2.22. The van der Waals surface area contributed by atoms with E-state index in [1.54, 1.807) is 32.9 Å². The highest BCUT2D eigenvalue weighted by Crippen LogP contribution is 2.53. The van der Waals surface area contributed by atoms with Gasteiger partial charge in [-0.05, 0) is 39.3 Å². The van der Waals surface area contributed by atoms with Gasteiger partial charge in [0, 0.05) is 28.6 Å². The summed E-state index contributed by atoms with van der Waals surface area (Å²) in [5, 5.41) is 0. The molecule has 0 saturated carbocycles. The number of rotatable bonds is 11. The molecule has 2 rings (SSSR count). The number of imide groups is 1. The fourth-order valence-corrected chi connectivity index (χ4v) is 4.48. The molecule has 0 radical (unpaired) electrons. The Morgan fingerprint density at radius 3 is 2.04 bits per heavy atom. The van der Waals surface area contributed by atoms with Gasteiger partial charge in [0.05, 0.1) is 17.7 Å². The number of carbonyl (C=O) groups is 2. The molecule has 0 aromatic heterocycles. The zero-order chi connectivity index (χ0) is 20.9. The first-order chi connectivity index (χ1) is 13.3. The highest BCUT2D eigenvalue weighted by atomic mass is 31.2. The molecule has 144 valence electrons. The van der Waals surface area contributed by atoms with Gasteiger partial charge in [0.2, 0.25) is 6.03 Å². The van der Waals surface area contributed by atoms with Gasteiger partial charge < -0.3 is 14.0 Å². The summed E-state index contributed by atoms with van der Waals surface area (Å²) in [5.74, 6) is -1.05. The largest absolute Gasteiger partial charge is 0.345 e. The minimum Gasteiger partial charge on any atom is -0.345 e. The second-order valence-corrected chi connectivity index (χ2v) is 7.70. The lowest BCUT2D eigenvalue weighted by Gasteiger charge is -2.27. The molecule has 3 unspecified atom stereocenters. The lowest BCUT2D eigenvalue weighted by molar-refractivity contribution is -0.0888. The van der Waals surface area contributed by atoms with Gasteiger partial charge in [0.15, 0.2) is 0 Å². The van der Waals surface area contributed by atoms with Crippen LogP contribution in [0.5, 0.6) is 0 Å². The Kier molecular flexibility index (Phi) is 6.47. The average molecular weight is 387 g/mol. The molecule has 7 nitrogen and oxygen atoms in total. The van der Waals surface area contributed by atoms with E-state index in [9.17, 15) is 14.2 Å². The number of benzene rings is 1. The Morgan fingerprint density at radius 1 is 1.04 bits per heavy atom. The normalized spacial score (nSPS) is 19.8. The summed E-state index contributed by atoms with van der Waals surface area (Å²) < 4.78 is 46.3. The first kappa shape index (κ1) is 17.9. The maximum atomic E-state index is 13.4. The Hall–Kier alpha value is -1.53. The zero-order valence-corrected chi connectivity index (χ0v) is 16.1. The van der Waals surface area contributed by atoms with Crippen molar-refractivity contribution in [2.24, 2.45) is 0 Å². The van der Waals surface area contributed by atoms with Gasteiger partial charge in [-0.15, -0.1) is 0 Å². The highest BCUT2D eigenvalue weighted by Gasteiger charge is 2.38. The van der Waals surface area contributed by atoms with Gasteiger partial charge in [-0.25, -0.2) is 0 Å². The summed E-state index contributed by atoms with van der Waals surface area (Å²) in [5.41, 5.74) is 0.520. The molecule has 26 heavy (non-hydrogen) atoms. The quantitative estimate of drug-likeness (QED) is 0.329. The molecule has 0 fully saturated rings. The van der Waals surface area contributed by atoms with Crippen LogP contribution in [0.3, 0.4) is 0 Å². The van der Waals surface area contributed by atoms with Crippen LogP contribution >= 0.6 is 7.37 Å². The van der Waals surface area contributed by atoms with E-state index in [0.29, 0.717) is 0 Å². The van der Waals surface area contributed by atoms with E-state index in [-0.39, 0.29) is 37.5 Å². The first-order valence-electron chi connectivity index (χ1n) is 9.74. The van der Waals surface area contributed by atoms with Gasteiger partial charge in [-0.3, -0.25) is 19.1 Å². The average Bonchev–Trinajstić information content (AvgIpc) is 2.92. The smallest absolute Gasteiger partial charge is 0.261 e. The molecule has 1 aromatic rings. The highest BCUT2D eigenvalue weighted by molar-refractivity contribution is 7.59. The maximum Gasteiger partial charge on any atom is 0.261 e. The van der Waals surface area contributed by atoms with Crippen molar-refractivity contribution in [1.82, 2.24) is 4.90 Å². The number of hydrogen-bond acceptors (Lipinski definition) is 6. The van der Waals surface area contributed by atoms with Crippen molar-refractivity contribution in [2.75, 3.05) is 32.5 Å². The van der Waals surface area contributed by atoms with Gasteiger partial charge >= 0.3 is 0 Å². The van der Waals surface area contributed by atoms with Crippen LogP contribution < -0.4 is 0 Å². The van der Waals surface area contributed by atoms with Gasteiger partial charge in [0.25, 0.3) is 19.2 Å². The molecule has 3 atom stereocenters. The molecule has 8 heteroatoms. The SMILES string of the molecule is [3H]C(CN1C(=O)c2ccccc2C1=O)C([3H])P(=O)(OCC)C(OCC)OCC. The lowest BCUT2D eigenvalue weighted by atomic mass is 10.1. The van der Waals surface area contributed by atoms with Crippen LogP contribution in [0.4, 0.5) is 0 Å². The molecule has 0 spiro atoms. The fourth-order valence-electron chi connectivity index (χ4n) is 2.62. The van der Waals surface area contributed by atoms with E-state index < -0.39 is 37.7 Å². The van der Waals surface area contributed by atoms with Crippen LogP contribution in [0.1, 0.15) is 50.6 Å². The predicted molar refractivity (Wildman–Crippen MR) is 97.6 cm³/mol. The monoisotopic (exact) mass is 387 g/mol. The van der Waals surface area contributed by atoms with Crippen LogP contribution in [0.2, 0.25) is 0 Å². The van der Waals surface area contributed by atoms with Crippen LogP contribution in [0.15, 0.2) is 24.3 Å². The van der Waals surface area contributed by atoms with E-state index >= 15 is 0 Å². The second-order valence-electron chi connectivity index (χ2n) is 5.43. The Labute approximate surface area is 156 Å². The fraction of sp³-hybridized carbons (Fsp3) is 0.556. The molecule has 0 N–H and O–H groups in total. The van der Waals surface area contributed by atoms with Crippen molar-refractivity contribution in [3.8, 4) is 0 Å². The zero-order valence-electron chi connectivity index (χ0n) is 17.2. The van der Waals surface area contributed by atoms with Crippen molar-refractivity contribution in [3.05, 3.63) is 35.4 Å². The van der Waals surface area contributed by atoms with E-state index in [1.807, 2.05) is 0 Å². The van der Waals surface area contributed by atoms with Crippen molar-refractivity contribution in [3.63, 3.8) is 0 Å². The summed E-state index contributed by atoms with van der Waals surface area (Å²) in [6, 6.07) is 5.10. The number of hydrogen-bond donors (Lipinski definition) is 0. The standard InChI is InChI=1S/C18H26NO6P/c1-4-23-18(24-5-2)26(22,25-6-3)13-9-12-19-16(20)14-10-7-8-11-15(14)17(19)21/h7-8,10-11,18H,4-6,9,12-13H2,1-3H3/i9T,13T. The third-order valence-corrected chi connectivity index (χ3v) is 5.90. The number of fused-ring (bicyclic) bond motifs is 1. The Morgan fingerprint density at radius 2 is 1.58 bits per heavy atom. The molecule has 1 aliphatic rings. The molecular formula is C18H26NO6P. The van der Waals surface area contributed by atoms with Gasteiger partial charge in [-0.1, -0.05) is 12.1 Å². The van der Waals surface area contributed by atoms with E-state index in [1.165, 1.54) is 12.1 Å². The summed E-state index contributed by atoms with van der Waals surface area (Å²) in [4.78, 5) is 25.9. The molecule has 1 heterocycles. The summed E-state index contributed by atoms with van der Waals surface area (Å²) in [6.07, 6.45) is -2.91. The second kappa shape index (κ2) is 9.42. The minimum atomic E-state index is -3.89. The molecule has 1 aliphatic heterocycles. The van der Waals surface area contributed by atoms with Crippen molar-refractivity contribution in [1.29, 1.82) is 0 Å². The number of carbonyl (C=O) groups excluding carboxylic acids is 2. The predicted octanol–water partition coefficient (Wildman–Crippen LogP) is 3.34. The first-order valence-corrected chi connectivity index (χ1v) is 10.3. The number of nitrogens with zero attached hydrogens (tertiary/aromatic N) is 1. The molecule has 0 bridgehead atoms. The van der Waals surface area contributed by atoms with Crippen LogP contribution in [-0.2, 0) is 18.6 Å². The van der Waals surface area contributed by atoms with Crippen molar-refractivity contribution in [2.45, 2.75) is 33.2 Å². The molecule has 1 aromatic carbocycles. The summed E-state index contributed by atoms with van der Waals surface area (Å²) in [7, 11) is -3.89. The number of amides is 2. The van der Waals surface area contributed by atoms with E-state index in [2.05, 4.69) is 0 Å². The summed E-state index contributed by atoms with van der Waals surface area (Å²) in [6.45, 7) is 5.06. The third-order valence-electron chi connectivity index (χ3n) is 3.72. The maximum absolute atomic E-state index is 13.4. The van der Waals surface area contributed by atoms with Crippen molar-refractivity contribution < 1.29 is 30.9 Å². The van der Waals surface area contributed by atoms with Gasteiger partial charge in [-0.2, -0.15) is 0 Å². The van der Waals surface area contributed by atoms with Gasteiger partial charge in [0.1, 0.15) is 0 Å². The molecule has 0 saturated heterocycles. The van der Waals surface area contributed by atoms with E-state index in [4.69, 9.17) is 16.7 Å². The van der Waals surface area contributed by atoms with E-state index in [0.717, 1.165) is 4.90 Å².